The Morgan fingerprint density at radius 1 is 1.00 bits per heavy atom. The van der Waals surface area contributed by atoms with Crippen LogP contribution in [0.2, 0.25) is 5.02 Å². The summed E-state index contributed by atoms with van der Waals surface area (Å²) in [6, 6.07) is 15.2. The summed E-state index contributed by atoms with van der Waals surface area (Å²) in [6.07, 6.45) is 3.38. The largest absolute Gasteiger partial charge is 0.377 e. The van der Waals surface area contributed by atoms with Crippen molar-refractivity contribution in [3.8, 4) is 0 Å². The number of aromatic nitrogens is 1. The second-order valence-corrected chi connectivity index (χ2v) is 7.19. The summed E-state index contributed by atoms with van der Waals surface area (Å²) in [5.74, 6) is -0.246. The molecule has 0 saturated heterocycles. The molecule has 0 aliphatic carbocycles. The van der Waals surface area contributed by atoms with Gasteiger partial charge in [-0.2, -0.15) is 0 Å². The molecule has 0 aliphatic heterocycles. The van der Waals surface area contributed by atoms with Crippen LogP contribution in [0.1, 0.15) is 15.9 Å². The fourth-order valence-corrected chi connectivity index (χ4v) is 2.92. The van der Waals surface area contributed by atoms with E-state index in [-0.39, 0.29) is 5.91 Å². The van der Waals surface area contributed by atoms with Crippen LogP contribution >= 0.6 is 11.6 Å². The highest BCUT2D eigenvalue weighted by molar-refractivity contribution is 6.30. The minimum absolute atomic E-state index is 0.246. The highest BCUT2D eigenvalue weighted by atomic mass is 35.5. The third-order valence-electron chi connectivity index (χ3n) is 4.26. The first kappa shape index (κ1) is 21.1. The zero-order valence-electron chi connectivity index (χ0n) is 16.6. The van der Waals surface area contributed by atoms with Gasteiger partial charge in [0.05, 0.1) is 5.56 Å². The summed E-state index contributed by atoms with van der Waals surface area (Å²) in [5.41, 5.74) is 3.19. The quantitative estimate of drug-likeness (QED) is 0.549. The molecule has 3 aromatic rings. The number of hydrogen-bond donors (Lipinski definition) is 3. The van der Waals surface area contributed by atoms with E-state index in [4.69, 9.17) is 11.6 Å². The average Bonchev–Trinajstić information content (AvgIpc) is 2.74. The molecule has 0 atom stereocenters. The minimum atomic E-state index is -0.420. The molecule has 0 unspecified atom stereocenters. The maximum absolute atomic E-state index is 12.8. The Hall–Kier alpha value is -3.58. The lowest BCUT2D eigenvalue weighted by Gasteiger charge is -2.18. The van der Waals surface area contributed by atoms with Crippen molar-refractivity contribution in [2.45, 2.75) is 6.54 Å². The van der Waals surface area contributed by atoms with Gasteiger partial charge in [-0.15, -0.1) is 0 Å². The number of carbonyl (C=O) groups is 2. The number of rotatable bonds is 6. The molecular formula is C22H22ClN5O2. The highest BCUT2D eigenvalue weighted by Crippen LogP contribution is 2.23. The van der Waals surface area contributed by atoms with E-state index < -0.39 is 6.03 Å². The smallest absolute Gasteiger partial charge is 0.323 e. The van der Waals surface area contributed by atoms with Gasteiger partial charge >= 0.3 is 6.03 Å². The van der Waals surface area contributed by atoms with E-state index in [2.05, 4.69) is 20.9 Å². The first-order chi connectivity index (χ1) is 14.4. The molecule has 3 N–H and O–H groups in total. The van der Waals surface area contributed by atoms with E-state index in [1.54, 1.807) is 54.9 Å². The molecule has 0 fully saturated rings. The summed E-state index contributed by atoms with van der Waals surface area (Å²) in [4.78, 5) is 31.0. The van der Waals surface area contributed by atoms with Gasteiger partial charge in [0, 0.05) is 55.1 Å². The van der Waals surface area contributed by atoms with Gasteiger partial charge in [0.2, 0.25) is 0 Å². The molecule has 0 spiro atoms. The van der Waals surface area contributed by atoms with Gasteiger partial charge in [0.1, 0.15) is 0 Å². The Balaban J connectivity index is 1.72. The lowest BCUT2D eigenvalue weighted by atomic mass is 10.1. The predicted octanol–water partition coefficient (Wildman–Crippen LogP) is 4.38. The van der Waals surface area contributed by atoms with Crippen molar-refractivity contribution in [2.75, 3.05) is 29.6 Å². The molecule has 154 valence electrons. The summed E-state index contributed by atoms with van der Waals surface area (Å²) in [7, 11) is 3.71. The SMILES string of the molecule is CN(C)c1ccc(NC(=O)Nc2ccc(Cl)cc2)cc1C(=O)NCc1cccnc1. The summed E-state index contributed by atoms with van der Waals surface area (Å²) < 4.78 is 0. The van der Waals surface area contributed by atoms with Crippen LogP contribution in [0.25, 0.3) is 0 Å². The first-order valence-corrected chi connectivity index (χ1v) is 9.62. The maximum Gasteiger partial charge on any atom is 0.323 e. The van der Waals surface area contributed by atoms with Gasteiger partial charge in [0.15, 0.2) is 0 Å². The molecule has 0 aliphatic rings. The van der Waals surface area contributed by atoms with Crippen LogP contribution in [0.5, 0.6) is 0 Å². The fourth-order valence-electron chi connectivity index (χ4n) is 2.79. The Morgan fingerprint density at radius 3 is 2.37 bits per heavy atom. The molecule has 0 radical (unpaired) electrons. The maximum atomic E-state index is 12.8. The molecule has 8 heteroatoms. The number of carbonyl (C=O) groups excluding carboxylic acids is 2. The number of nitrogens with one attached hydrogen (secondary N) is 3. The van der Waals surface area contributed by atoms with E-state index in [9.17, 15) is 9.59 Å². The zero-order chi connectivity index (χ0) is 21.5. The predicted molar refractivity (Wildman–Crippen MR) is 120 cm³/mol. The Bertz CT molecular complexity index is 1020. The zero-order valence-corrected chi connectivity index (χ0v) is 17.4. The number of halogens is 1. The Kier molecular flexibility index (Phi) is 6.87. The van der Waals surface area contributed by atoms with E-state index in [1.807, 2.05) is 31.1 Å². The van der Waals surface area contributed by atoms with Gasteiger partial charge < -0.3 is 20.9 Å². The van der Waals surface area contributed by atoms with Gasteiger partial charge in [-0.25, -0.2) is 4.79 Å². The third-order valence-corrected chi connectivity index (χ3v) is 4.51. The van der Waals surface area contributed by atoms with E-state index in [0.29, 0.717) is 28.5 Å². The molecular weight excluding hydrogens is 402 g/mol. The standard InChI is InChI=1S/C22H22ClN5O2/c1-28(2)20-10-9-18(27-22(30)26-17-7-5-16(23)6-8-17)12-19(20)21(29)25-14-15-4-3-11-24-13-15/h3-13H,14H2,1-2H3,(H,25,29)(H2,26,27,30). The fraction of sp³-hybridized carbons (Fsp3) is 0.136. The number of benzene rings is 2. The number of amides is 3. The van der Waals surface area contributed by atoms with Gasteiger partial charge in [-0.05, 0) is 54.1 Å². The van der Waals surface area contributed by atoms with Crippen LogP contribution < -0.4 is 20.9 Å². The number of nitrogens with zero attached hydrogens (tertiary/aromatic N) is 2. The Morgan fingerprint density at radius 2 is 1.70 bits per heavy atom. The highest BCUT2D eigenvalue weighted by Gasteiger charge is 2.15. The van der Waals surface area contributed by atoms with Gasteiger partial charge in [0.25, 0.3) is 5.91 Å². The molecule has 0 bridgehead atoms. The molecule has 1 heterocycles. The number of anilines is 3. The van der Waals surface area contributed by atoms with Crippen LogP contribution in [0, 0.1) is 0 Å². The van der Waals surface area contributed by atoms with Crippen molar-refractivity contribution in [2.24, 2.45) is 0 Å². The lowest BCUT2D eigenvalue weighted by molar-refractivity contribution is 0.0951. The Labute approximate surface area is 180 Å². The number of pyridine rings is 1. The third kappa shape index (κ3) is 5.71. The topological polar surface area (TPSA) is 86.4 Å². The molecule has 1 aromatic heterocycles. The second-order valence-electron chi connectivity index (χ2n) is 6.76. The van der Waals surface area contributed by atoms with Crippen molar-refractivity contribution in [1.29, 1.82) is 0 Å². The van der Waals surface area contributed by atoms with E-state index in [0.717, 1.165) is 11.3 Å². The molecule has 3 amide bonds. The number of urea groups is 1. The van der Waals surface area contributed by atoms with Crippen LogP contribution in [0.4, 0.5) is 21.9 Å². The van der Waals surface area contributed by atoms with Crippen LogP contribution in [-0.2, 0) is 6.54 Å². The normalized spacial score (nSPS) is 10.2. The van der Waals surface area contributed by atoms with Crippen LogP contribution in [0.15, 0.2) is 67.0 Å². The van der Waals surface area contributed by atoms with Gasteiger partial charge in [-0.3, -0.25) is 9.78 Å². The van der Waals surface area contributed by atoms with Crippen molar-refractivity contribution in [3.05, 3.63) is 83.1 Å². The molecule has 7 nitrogen and oxygen atoms in total. The molecule has 30 heavy (non-hydrogen) atoms. The van der Waals surface area contributed by atoms with Crippen molar-refractivity contribution >= 4 is 40.6 Å². The summed E-state index contributed by atoms with van der Waals surface area (Å²) in [5, 5.41) is 8.95. The van der Waals surface area contributed by atoms with E-state index >= 15 is 0 Å². The van der Waals surface area contributed by atoms with E-state index in [1.165, 1.54) is 0 Å². The molecule has 2 aromatic carbocycles. The monoisotopic (exact) mass is 423 g/mol. The first-order valence-electron chi connectivity index (χ1n) is 9.24. The summed E-state index contributed by atoms with van der Waals surface area (Å²) in [6.45, 7) is 0.355. The number of hydrogen-bond acceptors (Lipinski definition) is 4. The van der Waals surface area contributed by atoms with Crippen molar-refractivity contribution in [3.63, 3.8) is 0 Å². The van der Waals surface area contributed by atoms with Gasteiger partial charge in [-0.1, -0.05) is 17.7 Å². The second kappa shape index (κ2) is 9.76. The van der Waals surface area contributed by atoms with Crippen LogP contribution in [0.3, 0.4) is 0 Å². The van der Waals surface area contributed by atoms with Crippen molar-refractivity contribution in [1.82, 2.24) is 10.3 Å². The van der Waals surface area contributed by atoms with Crippen LogP contribution in [-0.4, -0.2) is 31.0 Å². The summed E-state index contributed by atoms with van der Waals surface area (Å²) >= 11 is 5.86. The molecule has 3 rings (SSSR count). The average molecular weight is 424 g/mol. The minimum Gasteiger partial charge on any atom is -0.377 e. The molecule has 0 saturated carbocycles. The lowest BCUT2D eigenvalue weighted by Crippen LogP contribution is -2.26. The van der Waals surface area contributed by atoms with Crippen molar-refractivity contribution < 1.29 is 9.59 Å².